The molecule has 1 aromatic heterocycles. The summed E-state index contributed by atoms with van der Waals surface area (Å²) >= 11 is 0. The number of fused-ring (bicyclic) bond motifs is 1. The fourth-order valence-corrected chi connectivity index (χ4v) is 6.45. The first-order valence-electron chi connectivity index (χ1n) is 19.7. The molecular formula is C42H55F3N4O11. The number of H-pyrrole nitrogens is 1. The van der Waals surface area contributed by atoms with E-state index in [4.69, 9.17) is 28.4 Å². The van der Waals surface area contributed by atoms with Gasteiger partial charge in [0, 0.05) is 45.0 Å². The molecule has 5 rings (SSSR count). The minimum absolute atomic E-state index is 0.0505. The Morgan fingerprint density at radius 2 is 1.30 bits per heavy atom. The highest BCUT2D eigenvalue weighted by Crippen LogP contribution is 2.37. The highest BCUT2D eigenvalue weighted by Gasteiger charge is 2.57. The van der Waals surface area contributed by atoms with Gasteiger partial charge in [0.15, 0.2) is 18.3 Å². The summed E-state index contributed by atoms with van der Waals surface area (Å²) in [6.07, 6.45) is -12.8. The van der Waals surface area contributed by atoms with Crippen molar-refractivity contribution in [1.29, 1.82) is 0 Å². The predicted octanol–water partition coefficient (Wildman–Crippen LogP) is 5.32. The lowest BCUT2D eigenvalue weighted by atomic mass is 9.93. The molecule has 2 fully saturated rings. The molecule has 2 aliphatic heterocycles. The Balaban J connectivity index is 1.44. The van der Waals surface area contributed by atoms with Gasteiger partial charge in [-0.3, -0.25) is 23.9 Å². The lowest BCUT2D eigenvalue weighted by molar-refractivity contribution is -0.287. The van der Waals surface area contributed by atoms with Crippen molar-refractivity contribution in [3.8, 4) is 5.75 Å². The first-order valence-corrected chi connectivity index (χ1v) is 19.7. The molecule has 0 bridgehead atoms. The number of rotatable bonds is 10. The number of hydrogen-bond donors (Lipinski definition) is 1. The number of aromatic nitrogens is 2. The Bertz CT molecular complexity index is 2100. The van der Waals surface area contributed by atoms with E-state index in [-0.39, 0.29) is 17.8 Å². The third-order valence-corrected chi connectivity index (χ3v) is 10.1. The topological polar surface area (TPSA) is 168 Å². The van der Waals surface area contributed by atoms with Crippen molar-refractivity contribution in [3.05, 3.63) is 58.5 Å². The number of aromatic amines is 1. The van der Waals surface area contributed by atoms with Crippen LogP contribution in [-0.4, -0.2) is 109 Å². The molecule has 18 heteroatoms. The number of nitrogens with zero attached hydrogens (tertiary/aromatic N) is 3. The van der Waals surface area contributed by atoms with Gasteiger partial charge in [-0.05, 0) is 92.6 Å². The van der Waals surface area contributed by atoms with Crippen LogP contribution in [0.2, 0.25) is 0 Å². The molecule has 330 valence electrons. The van der Waals surface area contributed by atoms with E-state index in [9.17, 15) is 37.1 Å². The summed E-state index contributed by atoms with van der Waals surface area (Å²) < 4.78 is 76.8. The first-order chi connectivity index (χ1) is 27.8. The standard InChI is InChI=1S/C42H55F3N4O11/c1-39(2,3)35(51)58-29-30(59-36(52)40(4,5)6)32(60-37(53)41(7,8)9)34(57-31(29)33(50)55-10)56-27-16-12-15-26-28(27)46-38(54)49(26)22-19-47-17-20-48(21-18-47)25-14-11-13-24(23-25)42(43,44)45/h11-16,23,29-32,34H,17-22H2,1-10H3,(H,46,54)/t29-,30-,31-,32+,34+/m0/s1. The number of anilines is 1. The number of ether oxygens (including phenoxy) is 6. The predicted molar refractivity (Wildman–Crippen MR) is 212 cm³/mol. The van der Waals surface area contributed by atoms with E-state index in [0.717, 1.165) is 19.2 Å². The van der Waals surface area contributed by atoms with Gasteiger partial charge in [-0.15, -0.1) is 0 Å². The van der Waals surface area contributed by atoms with Gasteiger partial charge >= 0.3 is 35.7 Å². The Hall–Kier alpha value is -5.10. The van der Waals surface area contributed by atoms with Crippen LogP contribution >= 0.6 is 0 Å². The van der Waals surface area contributed by atoms with Gasteiger partial charge in [-0.2, -0.15) is 13.2 Å². The summed E-state index contributed by atoms with van der Waals surface area (Å²) in [5.74, 6) is -3.25. The van der Waals surface area contributed by atoms with Crippen LogP contribution in [-0.2, 0) is 55.6 Å². The minimum atomic E-state index is -4.44. The Labute approximate surface area is 346 Å². The molecule has 0 spiro atoms. The van der Waals surface area contributed by atoms with Gasteiger partial charge in [-0.25, -0.2) is 9.59 Å². The number of alkyl halides is 3. The monoisotopic (exact) mass is 848 g/mol. The van der Waals surface area contributed by atoms with Crippen LogP contribution in [0.15, 0.2) is 47.3 Å². The maximum atomic E-state index is 13.5. The lowest BCUT2D eigenvalue weighted by Gasteiger charge is -2.44. The van der Waals surface area contributed by atoms with Crippen LogP contribution in [0.3, 0.4) is 0 Å². The number of nitrogens with one attached hydrogen (secondary N) is 1. The number of benzene rings is 2. The van der Waals surface area contributed by atoms with Crippen molar-refractivity contribution in [2.24, 2.45) is 16.2 Å². The molecule has 5 atom stereocenters. The number of halogens is 3. The van der Waals surface area contributed by atoms with Crippen molar-refractivity contribution >= 4 is 40.6 Å². The Morgan fingerprint density at radius 1 is 0.750 bits per heavy atom. The van der Waals surface area contributed by atoms with Crippen LogP contribution in [0.5, 0.6) is 5.75 Å². The molecule has 0 unspecified atom stereocenters. The zero-order chi connectivity index (χ0) is 44.5. The van der Waals surface area contributed by atoms with Crippen LogP contribution < -0.4 is 15.3 Å². The van der Waals surface area contributed by atoms with E-state index in [0.29, 0.717) is 43.9 Å². The Morgan fingerprint density at radius 3 is 1.85 bits per heavy atom. The number of para-hydroxylation sites is 1. The minimum Gasteiger partial charge on any atom is -0.467 e. The summed E-state index contributed by atoms with van der Waals surface area (Å²) in [5, 5.41) is 0. The Kier molecular flexibility index (Phi) is 13.4. The van der Waals surface area contributed by atoms with E-state index in [2.05, 4.69) is 9.88 Å². The second kappa shape index (κ2) is 17.5. The molecule has 2 saturated heterocycles. The number of hydrogen-bond acceptors (Lipinski definition) is 13. The van der Waals surface area contributed by atoms with Crippen molar-refractivity contribution < 1.29 is 60.8 Å². The highest BCUT2D eigenvalue weighted by atomic mass is 19.4. The molecule has 1 N–H and O–H groups in total. The fraction of sp³-hybridized carbons (Fsp3) is 0.595. The van der Waals surface area contributed by atoms with E-state index >= 15 is 0 Å². The molecule has 0 amide bonds. The van der Waals surface area contributed by atoms with E-state index in [1.165, 1.54) is 16.7 Å². The van der Waals surface area contributed by atoms with E-state index < -0.39 is 88.3 Å². The average molecular weight is 849 g/mol. The van der Waals surface area contributed by atoms with Crippen molar-refractivity contribution in [3.63, 3.8) is 0 Å². The van der Waals surface area contributed by atoms with Crippen LogP contribution in [0.4, 0.5) is 18.9 Å². The fourth-order valence-electron chi connectivity index (χ4n) is 6.45. The largest absolute Gasteiger partial charge is 0.467 e. The van der Waals surface area contributed by atoms with Crippen molar-refractivity contribution in [2.45, 2.75) is 106 Å². The number of esters is 4. The highest BCUT2D eigenvalue weighted by molar-refractivity contribution is 5.82. The molecule has 2 aromatic carbocycles. The average Bonchev–Trinajstić information content (AvgIpc) is 3.49. The maximum Gasteiger partial charge on any atom is 0.416 e. The van der Waals surface area contributed by atoms with Crippen molar-refractivity contribution in [1.82, 2.24) is 14.5 Å². The number of methoxy groups -OCH3 is 1. The normalized spacial score (nSPS) is 21.9. The van der Waals surface area contributed by atoms with Crippen LogP contribution in [0.25, 0.3) is 11.0 Å². The second-order valence-electron chi connectivity index (χ2n) is 18.0. The molecular weight excluding hydrogens is 793 g/mol. The summed E-state index contributed by atoms with van der Waals surface area (Å²) in [4.78, 5) is 74.1. The summed E-state index contributed by atoms with van der Waals surface area (Å²) in [6.45, 7) is 17.1. The van der Waals surface area contributed by atoms with Gasteiger partial charge in [0.2, 0.25) is 12.4 Å². The maximum absolute atomic E-state index is 13.5. The zero-order valence-corrected chi connectivity index (χ0v) is 35.6. The number of piperazine rings is 1. The van der Waals surface area contributed by atoms with Gasteiger partial charge in [-0.1, -0.05) is 12.1 Å². The smallest absolute Gasteiger partial charge is 0.416 e. The second-order valence-corrected chi connectivity index (χ2v) is 18.0. The third kappa shape index (κ3) is 10.6. The third-order valence-electron chi connectivity index (χ3n) is 10.1. The lowest BCUT2D eigenvalue weighted by Crippen LogP contribution is -2.65. The van der Waals surface area contributed by atoms with Gasteiger partial charge in [0.05, 0.1) is 34.4 Å². The number of carbonyl (C=O) groups is 4. The van der Waals surface area contributed by atoms with Crippen molar-refractivity contribution in [2.75, 3.05) is 44.7 Å². The molecule has 0 radical (unpaired) electrons. The summed E-state index contributed by atoms with van der Waals surface area (Å²) in [7, 11) is 1.09. The van der Waals surface area contributed by atoms with Gasteiger partial charge in [0.1, 0.15) is 11.3 Å². The zero-order valence-electron chi connectivity index (χ0n) is 35.6. The molecule has 60 heavy (non-hydrogen) atoms. The molecule has 2 aliphatic rings. The van der Waals surface area contributed by atoms with Gasteiger partial charge < -0.3 is 38.3 Å². The summed E-state index contributed by atoms with van der Waals surface area (Å²) in [6, 6.07) is 10.1. The SMILES string of the molecule is COC(=O)[C@H]1O[C@@H](Oc2cccc3c2[nH]c(=O)n3CCN2CCN(c3cccc(C(F)(F)F)c3)CC2)[C@H](OC(=O)C(C)(C)C)[C@@H](OC(=O)C(C)(C)C)[C@@H]1OC(=O)C(C)(C)C. The van der Waals surface area contributed by atoms with E-state index in [1.807, 2.05) is 4.90 Å². The molecule has 0 saturated carbocycles. The van der Waals surface area contributed by atoms with Gasteiger partial charge in [0.25, 0.3) is 0 Å². The number of carbonyl (C=O) groups excluding carboxylic acids is 4. The molecule has 15 nitrogen and oxygen atoms in total. The summed E-state index contributed by atoms with van der Waals surface area (Å²) in [5.41, 5.74) is -3.29. The molecule has 3 aromatic rings. The van der Waals surface area contributed by atoms with E-state index in [1.54, 1.807) is 80.5 Å². The molecule has 3 heterocycles. The number of imidazole rings is 1. The first kappa shape index (κ1) is 46.0. The van der Waals surface area contributed by atoms with Crippen LogP contribution in [0.1, 0.15) is 67.9 Å². The van der Waals surface area contributed by atoms with Crippen LogP contribution in [0, 0.1) is 16.2 Å². The molecule has 0 aliphatic carbocycles. The quantitative estimate of drug-likeness (QED) is 0.206.